The van der Waals surface area contributed by atoms with E-state index in [1.807, 2.05) is 6.07 Å². The summed E-state index contributed by atoms with van der Waals surface area (Å²) in [6.45, 7) is 0. The van der Waals surface area contributed by atoms with E-state index in [1.54, 1.807) is 31.0 Å². The van der Waals surface area contributed by atoms with Crippen LogP contribution in [0.5, 0.6) is 0 Å². The summed E-state index contributed by atoms with van der Waals surface area (Å²) >= 11 is 1.69. The van der Waals surface area contributed by atoms with Gasteiger partial charge in [-0.1, -0.05) is 18.2 Å². The molecule has 1 saturated heterocycles. The predicted molar refractivity (Wildman–Crippen MR) is 78.3 cm³/mol. The third-order valence-corrected chi connectivity index (χ3v) is 5.76. The molecule has 0 aromatic heterocycles. The maximum absolute atomic E-state index is 14.1. The molecule has 3 atom stereocenters. The van der Waals surface area contributed by atoms with Crippen molar-refractivity contribution < 1.29 is 13.9 Å². The van der Waals surface area contributed by atoms with Gasteiger partial charge in [0.15, 0.2) is 0 Å². The number of ether oxygens (including phenoxy) is 1. The van der Waals surface area contributed by atoms with E-state index in [2.05, 4.69) is 0 Å². The quantitative estimate of drug-likeness (QED) is 0.827. The lowest BCUT2D eigenvalue weighted by molar-refractivity contribution is -0.121. The Bertz CT molecular complexity index is 501. The third kappa shape index (κ3) is 2.77. The largest absolute Gasteiger partial charge is 0.371 e. The number of carbonyl (C=O) groups is 1. The van der Waals surface area contributed by atoms with Crippen molar-refractivity contribution in [2.45, 2.75) is 42.3 Å². The summed E-state index contributed by atoms with van der Waals surface area (Å²) in [7, 11) is 1.70. The lowest BCUT2D eigenvalue weighted by atomic mass is 9.87. The van der Waals surface area contributed by atoms with Crippen LogP contribution in [0.3, 0.4) is 0 Å². The molecule has 4 heteroatoms. The van der Waals surface area contributed by atoms with Crippen LogP contribution in [0.4, 0.5) is 4.39 Å². The lowest BCUT2D eigenvalue weighted by Gasteiger charge is -2.23. The van der Waals surface area contributed by atoms with Gasteiger partial charge in [-0.15, -0.1) is 11.8 Å². The van der Waals surface area contributed by atoms with Gasteiger partial charge in [0.05, 0.1) is 5.92 Å². The van der Waals surface area contributed by atoms with Crippen molar-refractivity contribution in [2.75, 3.05) is 7.11 Å². The fourth-order valence-electron chi connectivity index (χ4n) is 2.94. The van der Waals surface area contributed by atoms with Gasteiger partial charge in [0, 0.05) is 18.3 Å². The first-order valence-corrected chi connectivity index (χ1v) is 8.11. The lowest BCUT2D eigenvalue weighted by Crippen LogP contribution is -2.25. The number of rotatable bonds is 5. The summed E-state index contributed by atoms with van der Waals surface area (Å²) < 4.78 is 19.5. The predicted octanol–water partition coefficient (Wildman–Crippen LogP) is 3.76. The van der Waals surface area contributed by atoms with Gasteiger partial charge >= 0.3 is 0 Å². The summed E-state index contributed by atoms with van der Waals surface area (Å²) in [5.41, 5.74) is 0.708. The maximum atomic E-state index is 14.1. The minimum Gasteiger partial charge on any atom is -0.371 e. The molecule has 0 radical (unpaired) electrons. The summed E-state index contributed by atoms with van der Waals surface area (Å²) in [5, 5.41) is 0.143. The molecule has 0 N–H and O–H groups in total. The second-order valence-corrected chi connectivity index (χ2v) is 7.00. The third-order valence-electron chi connectivity index (χ3n) is 4.17. The molecular formula is C16H19FO2S. The highest BCUT2D eigenvalue weighted by atomic mass is 32.2. The maximum Gasteiger partial charge on any atom is 0.144 e. The zero-order valence-corrected chi connectivity index (χ0v) is 12.4. The van der Waals surface area contributed by atoms with Gasteiger partial charge in [-0.25, -0.2) is 4.39 Å². The standard InChI is InChI=1S/C16H19FO2S/c1-19-14-9-8-13(20-14)15(16(18)10-6-7-10)11-4-2-3-5-12(11)17/h2-5,10,13-15H,6-9H2,1H3. The molecule has 2 fully saturated rings. The van der Waals surface area contributed by atoms with Crippen molar-refractivity contribution in [1.29, 1.82) is 0 Å². The Labute approximate surface area is 123 Å². The van der Waals surface area contributed by atoms with Gasteiger partial charge in [-0.2, -0.15) is 0 Å². The van der Waals surface area contributed by atoms with Crippen LogP contribution in [0, 0.1) is 11.7 Å². The van der Waals surface area contributed by atoms with E-state index >= 15 is 0 Å². The minimum atomic E-state index is -0.311. The van der Waals surface area contributed by atoms with Crippen LogP contribution in [-0.2, 0) is 9.53 Å². The second kappa shape index (κ2) is 5.86. The Morgan fingerprint density at radius 2 is 2.05 bits per heavy atom. The summed E-state index contributed by atoms with van der Waals surface area (Å²) in [5.74, 6) is -0.187. The molecule has 1 aromatic carbocycles. The van der Waals surface area contributed by atoms with E-state index in [0.29, 0.717) is 5.56 Å². The van der Waals surface area contributed by atoms with Gasteiger partial charge in [0.25, 0.3) is 0 Å². The Morgan fingerprint density at radius 3 is 2.65 bits per heavy atom. The fraction of sp³-hybridized carbons (Fsp3) is 0.562. The number of Topliss-reactive ketones (excluding diaryl/α,β-unsaturated/α-hetero) is 1. The molecular weight excluding hydrogens is 275 g/mol. The van der Waals surface area contributed by atoms with Gasteiger partial charge in [-0.3, -0.25) is 4.79 Å². The number of halogens is 1. The average Bonchev–Trinajstić information content (AvgIpc) is 3.21. The minimum absolute atomic E-state index is 0.140. The van der Waals surface area contributed by atoms with Crippen molar-refractivity contribution in [3.8, 4) is 0 Å². The normalized spacial score (nSPS) is 27.5. The van der Waals surface area contributed by atoms with Gasteiger partial charge in [0.1, 0.15) is 17.0 Å². The summed E-state index contributed by atoms with van der Waals surface area (Å²) in [4.78, 5) is 12.6. The molecule has 1 saturated carbocycles. The Morgan fingerprint density at radius 1 is 1.30 bits per heavy atom. The Balaban J connectivity index is 1.88. The number of hydrogen-bond donors (Lipinski definition) is 0. The first kappa shape index (κ1) is 14.1. The van der Waals surface area contributed by atoms with Gasteiger partial charge in [-0.05, 0) is 37.3 Å². The highest BCUT2D eigenvalue weighted by Gasteiger charge is 2.43. The molecule has 2 nitrogen and oxygen atoms in total. The highest BCUT2D eigenvalue weighted by molar-refractivity contribution is 8.00. The molecule has 1 heterocycles. The van der Waals surface area contributed by atoms with Crippen LogP contribution in [0.1, 0.15) is 37.2 Å². The molecule has 1 aromatic rings. The van der Waals surface area contributed by atoms with Crippen LogP contribution in [0.25, 0.3) is 0 Å². The highest BCUT2D eigenvalue weighted by Crippen LogP contribution is 2.46. The SMILES string of the molecule is COC1CCC(C(C(=O)C2CC2)c2ccccc2F)S1. The fourth-order valence-corrected chi connectivity index (χ4v) is 4.42. The molecule has 0 spiro atoms. The molecule has 108 valence electrons. The van der Waals surface area contributed by atoms with Crippen LogP contribution in [0.15, 0.2) is 24.3 Å². The molecule has 1 aliphatic heterocycles. The number of carbonyl (C=O) groups excluding carboxylic acids is 1. The van der Waals surface area contributed by atoms with E-state index in [0.717, 1.165) is 25.7 Å². The number of methoxy groups -OCH3 is 1. The molecule has 0 amide bonds. The molecule has 3 rings (SSSR count). The van der Waals surface area contributed by atoms with E-state index in [1.165, 1.54) is 6.07 Å². The van der Waals surface area contributed by atoms with Crippen molar-refractivity contribution in [3.63, 3.8) is 0 Å². The first-order valence-electron chi connectivity index (χ1n) is 7.17. The van der Waals surface area contributed by atoms with E-state index in [9.17, 15) is 9.18 Å². The monoisotopic (exact) mass is 294 g/mol. The molecule has 2 aliphatic rings. The van der Waals surface area contributed by atoms with Crippen molar-refractivity contribution >= 4 is 17.5 Å². The number of thioether (sulfide) groups is 1. The van der Waals surface area contributed by atoms with E-state index in [-0.39, 0.29) is 34.1 Å². The van der Waals surface area contributed by atoms with Crippen LogP contribution >= 0.6 is 11.8 Å². The Kier molecular flexibility index (Phi) is 4.13. The zero-order chi connectivity index (χ0) is 14.1. The number of ketones is 1. The van der Waals surface area contributed by atoms with Crippen molar-refractivity contribution in [2.24, 2.45) is 5.92 Å². The topological polar surface area (TPSA) is 26.3 Å². The van der Waals surface area contributed by atoms with Crippen LogP contribution in [-0.4, -0.2) is 23.6 Å². The smallest absolute Gasteiger partial charge is 0.144 e. The van der Waals surface area contributed by atoms with Gasteiger partial charge in [0.2, 0.25) is 0 Å². The van der Waals surface area contributed by atoms with Crippen molar-refractivity contribution in [1.82, 2.24) is 0 Å². The van der Waals surface area contributed by atoms with E-state index < -0.39 is 0 Å². The second-order valence-electron chi connectivity index (χ2n) is 5.59. The number of hydrogen-bond acceptors (Lipinski definition) is 3. The molecule has 20 heavy (non-hydrogen) atoms. The first-order chi connectivity index (χ1) is 9.70. The summed E-state index contributed by atoms with van der Waals surface area (Å²) in [6, 6.07) is 6.72. The van der Waals surface area contributed by atoms with Crippen LogP contribution in [0.2, 0.25) is 0 Å². The summed E-state index contributed by atoms with van der Waals surface area (Å²) in [6.07, 6.45) is 3.79. The molecule has 0 bridgehead atoms. The zero-order valence-electron chi connectivity index (χ0n) is 11.5. The Hall–Kier alpha value is -0.870. The molecule has 3 unspecified atom stereocenters. The molecule has 1 aliphatic carbocycles. The van der Waals surface area contributed by atoms with E-state index in [4.69, 9.17) is 4.74 Å². The number of benzene rings is 1. The van der Waals surface area contributed by atoms with Crippen molar-refractivity contribution in [3.05, 3.63) is 35.6 Å². The van der Waals surface area contributed by atoms with Gasteiger partial charge < -0.3 is 4.74 Å². The van der Waals surface area contributed by atoms with Crippen LogP contribution < -0.4 is 0 Å². The average molecular weight is 294 g/mol.